The van der Waals surface area contributed by atoms with E-state index in [9.17, 15) is 9.59 Å². The zero-order valence-electron chi connectivity index (χ0n) is 12.7. The van der Waals surface area contributed by atoms with Crippen LogP contribution in [0.3, 0.4) is 0 Å². The monoisotopic (exact) mass is 290 g/mol. The Morgan fingerprint density at radius 2 is 2.00 bits per heavy atom. The molecule has 2 rings (SSSR count). The highest BCUT2D eigenvalue weighted by molar-refractivity contribution is 5.96. The fourth-order valence-electron chi connectivity index (χ4n) is 3.06. The summed E-state index contributed by atoms with van der Waals surface area (Å²) in [5.41, 5.74) is 0.961. The number of benzene rings is 1. The maximum Gasteiger partial charge on any atom is 0.321 e. The molecule has 0 radical (unpaired) electrons. The van der Waals surface area contributed by atoms with Crippen LogP contribution in [0.1, 0.15) is 31.4 Å². The third-order valence-corrected chi connectivity index (χ3v) is 4.07. The summed E-state index contributed by atoms with van der Waals surface area (Å²) in [7, 11) is 1.51. The van der Waals surface area contributed by atoms with Gasteiger partial charge in [-0.05, 0) is 12.8 Å². The third kappa shape index (κ3) is 4.04. The van der Waals surface area contributed by atoms with Crippen LogP contribution in [0, 0.1) is 5.92 Å². The Bertz CT molecular complexity index is 490. The van der Waals surface area contributed by atoms with Crippen molar-refractivity contribution in [2.45, 2.75) is 25.8 Å². The molecule has 0 saturated carbocycles. The van der Waals surface area contributed by atoms with Crippen LogP contribution >= 0.6 is 0 Å². The molecule has 1 aliphatic rings. The molecule has 0 spiro atoms. The maximum absolute atomic E-state index is 12.5. The highest BCUT2D eigenvalue weighted by atomic mass is 16.2. The van der Waals surface area contributed by atoms with Gasteiger partial charge >= 0.3 is 6.03 Å². The lowest BCUT2D eigenvalue weighted by Gasteiger charge is -2.33. The standard InChI is InChI=1S/C16H23N3O2/c1-12-7-6-10-19(11-12)14(13-8-4-3-5-9-13)15(20)18-16(21)17-2/h3-5,8-9,12,14H,6-7,10-11H2,1-2H3,(H2,17,18,20,21)/p+1/t12-,14+/m1/s1. The van der Waals surface area contributed by atoms with Crippen LogP contribution in [0.5, 0.6) is 0 Å². The van der Waals surface area contributed by atoms with Gasteiger partial charge in [-0.15, -0.1) is 0 Å². The van der Waals surface area contributed by atoms with E-state index >= 15 is 0 Å². The molecule has 1 heterocycles. The lowest BCUT2D eigenvalue weighted by atomic mass is 9.96. The quantitative estimate of drug-likeness (QED) is 0.759. The van der Waals surface area contributed by atoms with E-state index in [0.717, 1.165) is 25.1 Å². The minimum atomic E-state index is -0.453. The van der Waals surface area contributed by atoms with Gasteiger partial charge < -0.3 is 10.2 Å². The average Bonchev–Trinajstić information content (AvgIpc) is 2.48. The van der Waals surface area contributed by atoms with Crippen LogP contribution in [0.4, 0.5) is 4.79 Å². The molecule has 3 amide bonds. The summed E-state index contributed by atoms with van der Waals surface area (Å²) < 4.78 is 0. The van der Waals surface area contributed by atoms with Crippen LogP contribution in [-0.4, -0.2) is 32.1 Å². The van der Waals surface area contributed by atoms with Gasteiger partial charge in [-0.3, -0.25) is 10.1 Å². The van der Waals surface area contributed by atoms with Crippen molar-refractivity contribution in [3.8, 4) is 0 Å². The second-order valence-corrected chi connectivity index (χ2v) is 5.77. The van der Waals surface area contributed by atoms with Gasteiger partial charge in [0.2, 0.25) is 0 Å². The number of amides is 3. The number of hydrogen-bond acceptors (Lipinski definition) is 2. The first-order valence-corrected chi connectivity index (χ1v) is 7.54. The summed E-state index contributed by atoms with van der Waals surface area (Å²) in [4.78, 5) is 25.2. The highest BCUT2D eigenvalue weighted by Crippen LogP contribution is 2.13. The van der Waals surface area contributed by atoms with Gasteiger partial charge in [0, 0.05) is 18.5 Å². The van der Waals surface area contributed by atoms with Crippen LogP contribution in [-0.2, 0) is 4.79 Å². The molecule has 1 saturated heterocycles. The molecule has 3 N–H and O–H groups in total. The topological polar surface area (TPSA) is 62.6 Å². The molecule has 1 fully saturated rings. The van der Waals surface area contributed by atoms with Crippen molar-refractivity contribution >= 4 is 11.9 Å². The van der Waals surface area contributed by atoms with Crippen LogP contribution in [0.2, 0.25) is 0 Å². The predicted molar refractivity (Wildman–Crippen MR) is 80.9 cm³/mol. The van der Waals surface area contributed by atoms with Crippen LogP contribution in [0.15, 0.2) is 30.3 Å². The van der Waals surface area contributed by atoms with Crippen molar-refractivity contribution in [2.24, 2.45) is 5.92 Å². The van der Waals surface area contributed by atoms with Crippen molar-refractivity contribution in [2.75, 3.05) is 20.1 Å². The van der Waals surface area contributed by atoms with E-state index in [1.807, 2.05) is 30.3 Å². The zero-order chi connectivity index (χ0) is 15.2. The first kappa shape index (κ1) is 15.5. The van der Waals surface area contributed by atoms with Crippen molar-refractivity contribution in [3.05, 3.63) is 35.9 Å². The molecule has 3 atom stereocenters. The number of likely N-dealkylation sites (tertiary alicyclic amines) is 1. The summed E-state index contributed by atoms with van der Waals surface area (Å²) >= 11 is 0. The Morgan fingerprint density at radius 1 is 1.29 bits per heavy atom. The van der Waals surface area contributed by atoms with Gasteiger partial charge in [-0.2, -0.15) is 0 Å². The Balaban J connectivity index is 2.22. The van der Waals surface area contributed by atoms with Gasteiger partial charge in [-0.1, -0.05) is 37.3 Å². The van der Waals surface area contributed by atoms with Crippen molar-refractivity contribution in [1.29, 1.82) is 0 Å². The second-order valence-electron chi connectivity index (χ2n) is 5.77. The first-order valence-electron chi connectivity index (χ1n) is 7.54. The van der Waals surface area contributed by atoms with E-state index in [-0.39, 0.29) is 11.9 Å². The minimum Gasteiger partial charge on any atom is -0.341 e. The number of carbonyl (C=O) groups is 2. The number of imide groups is 1. The van der Waals surface area contributed by atoms with E-state index < -0.39 is 6.03 Å². The molecule has 1 aliphatic heterocycles. The van der Waals surface area contributed by atoms with Crippen molar-refractivity contribution in [3.63, 3.8) is 0 Å². The SMILES string of the molecule is CNC(=O)NC(=O)[C@H](c1ccccc1)[NH+]1CCC[C@@H](C)C1. The average molecular weight is 290 g/mol. The minimum absolute atomic E-state index is 0.232. The van der Waals surface area contributed by atoms with Gasteiger partial charge in [-0.25, -0.2) is 4.79 Å². The molecule has 0 bridgehead atoms. The van der Waals surface area contributed by atoms with E-state index in [4.69, 9.17) is 0 Å². The summed E-state index contributed by atoms with van der Waals surface area (Å²) in [5, 5.41) is 4.86. The summed E-state index contributed by atoms with van der Waals surface area (Å²) in [5.74, 6) is 0.373. The Kier molecular flexibility index (Phi) is 5.33. The summed E-state index contributed by atoms with van der Waals surface area (Å²) in [6, 6.07) is 8.94. The first-order chi connectivity index (χ1) is 10.1. The summed E-state index contributed by atoms with van der Waals surface area (Å²) in [6.45, 7) is 4.14. The Labute approximate surface area is 125 Å². The van der Waals surface area contributed by atoms with Gasteiger partial charge in [0.05, 0.1) is 13.1 Å². The molecule has 1 unspecified atom stereocenters. The number of hydrogen-bond donors (Lipinski definition) is 3. The molecular formula is C16H24N3O2+. The molecule has 5 nitrogen and oxygen atoms in total. The maximum atomic E-state index is 12.5. The number of urea groups is 1. The van der Waals surface area contributed by atoms with E-state index in [0.29, 0.717) is 5.92 Å². The lowest BCUT2D eigenvalue weighted by molar-refractivity contribution is -0.930. The smallest absolute Gasteiger partial charge is 0.321 e. The molecule has 21 heavy (non-hydrogen) atoms. The number of quaternary nitrogens is 1. The van der Waals surface area contributed by atoms with Gasteiger partial charge in [0.25, 0.3) is 5.91 Å². The van der Waals surface area contributed by atoms with E-state index in [2.05, 4.69) is 17.6 Å². The number of nitrogens with one attached hydrogen (secondary N) is 3. The lowest BCUT2D eigenvalue weighted by Crippen LogP contribution is -3.15. The second kappa shape index (κ2) is 7.22. The Hall–Kier alpha value is -1.88. The van der Waals surface area contributed by atoms with Crippen LogP contribution < -0.4 is 15.5 Å². The van der Waals surface area contributed by atoms with Gasteiger partial charge in [0.15, 0.2) is 6.04 Å². The summed E-state index contributed by atoms with van der Waals surface area (Å²) in [6.07, 6.45) is 2.33. The molecule has 1 aromatic rings. The van der Waals surface area contributed by atoms with E-state index in [1.54, 1.807) is 0 Å². The third-order valence-electron chi connectivity index (χ3n) is 4.07. The number of rotatable bonds is 3. The molecule has 5 heteroatoms. The van der Waals surface area contributed by atoms with Crippen molar-refractivity contribution < 1.29 is 14.5 Å². The molecule has 0 aromatic heterocycles. The number of piperidine rings is 1. The molecule has 114 valence electrons. The zero-order valence-corrected chi connectivity index (χ0v) is 12.7. The predicted octanol–water partition coefficient (Wildman–Crippen LogP) is 0.498. The molecular weight excluding hydrogens is 266 g/mol. The fourth-order valence-corrected chi connectivity index (χ4v) is 3.06. The fraction of sp³-hybridized carbons (Fsp3) is 0.500. The molecule has 0 aliphatic carbocycles. The molecule has 1 aromatic carbocycles. The Morgan fingerprint density at radius 3 is 2.62 bits per heavy atom. The van der Waals surface area contributed by atoms with Crippen LogP contribution in [0.25, 0.3) is 0 Å². The highest BCUT2D eigenvalue weighted by Gasteiger charge is 2.34. The normalized spacial score (nSPS) is 23.1. The van der Waals surface area contributed by atoms with Crippen molar-refractivity contribution in [1.82, 2.24) is 10.6 Å². The number of carbonyl (C=O) groups excluding carboxylic acids is 2. The largest absolute Gasteiger partial charge is 0.341 e. The van der Waals surface area contributed by atoms with Gasteiger partial charge in [0.1, 0.15) is 0 Å². The van der Waals surface area contributed by atoms with E-state index in [1.165, 1.54) is 18.4 Å².